The van der Waals surface area contributed by atoms with E-state index in [1.54, 1.807) is 18.4 Å². The Morgan fingerprint density at radius 2 is 1.85 bits per heavy atom. The van der Waals surface area contributed by atoms with Crippen LogP contribution in [0.15, 0.2) is 42.0 Å². The number of nitrogens with zero attached hydrogens (tertiary/aromatic N) is 2. The summed E-state index contributed by atoms with van der Waals surface area (Å²) in [6.45, 7) is 0. The molecule has 26 heavy (non-hydrogen) atoms. The van der Waals surface area contributed by atoms with Crippen molar-refractivity contribution in [2.24, 2.45) is 0 Å². The minimum atomic E-state index is 0.126. The topological polar surface area (TPSA) is 70.7 Å². The van der Waals surface area contributed by atoms with E-state index in [-0.39, 0.29) is 5.91 Å². The number of carbonyl (C=O) groups is 1. The molecule has 3 aromatic rings. The second-order valence-electron chi connectivity index (χ2n) is 6.25. The number of aromatic nitrogens is 3. The van der Waals surface area contributed by atoms with Crippen molar-refractivity contribution in [2.75, 3.05) is 7.05 Å². The second-order valence-corrected chi connectivity index (χ2v) is 7.14. The van der Waals surface area contributed by atoms with Gasteiger partial charge in [-0.3, -0.25) is 4.79 Å². The Labute approximate surface area is 157 Å². The molecule has 2 aromatic heterocycles. The van der Waals surface area contributed by atoms with Gasteiger partial charge in [-0.15, -0.1) is 11.3 Å². The summed E-state index contributed by atoms with van der Waals surface area (Å²) < 4.78 is 0. The number of aromatic amines is 1. The number of thiazole rings is 1. The Bertz CT molecular complexity index is 809. The smallest absolute Gasteiger partial charge is 0.219 e. The van der Waals surface area contributed by atoms with E-state index in [4.69, 9.17) is 0 Å². The normalized spacial score (nSPS) is 10.8. The molecule has 0 aliphatic rings. The van der Waals surface area contributed by atoms with E-state index in [0.717, 1.165) is 59.8 Å². The standard InChI is InChI=1S/C20H24N4OS/c1-21-19(25)7-5-3-2-4-6-18-23-14-17(24-18)15-8-10-16(11-9-15)20-22-12-13-26-20/h8-14H,2-7H2,1H3,(H,21,25)(H,23,24). The maximum atomic E-state index is 11.2. The molecule has 0 aliphatic carbocycles. The Morgan fingerprint density at radius 1 is 1.08 bits per heavy atom. The minimum absolute atomic E-state index is 0.126. The Morgan fingerprint density at radius 3 is 2.58 bits per heavy atom. The number of nitrogens with one attached hydrogen (secondary N) is 2. The van der Waals surface area contributed by atoms with E-state index in [0.29, 0.717) is 6.42 Å². The lowest BCUT2D eigenvalue weighted by Gasteiger charge is -2.01. The van der Waals surface area contributed by atoms with Crippen molar-refractivity contribution in [3.8, 4) is 21.8 Å². The van der Waals surface area contributed by atoms with Gasteiger partial charge in [-0.25, -0.2) is 9.97 Å². The predicted molar refractivity (Wildman–Crippen MR) is 106 cm³/mol. The number of hydrogen-bond donors (Lipinski definition) is 2. The lowest BCUT2D eigenvalue weighted by molar-refractivity contribution is -0.120. The first-order chi connectivity index (χ1) is 12.8. The lowest BCUT2D eigenvalue weighted by atomic mass is 10.1. The van der Waals surface area contributed by atoms with Crippen molar-refractivity contribution < 1.29 is 4.79 Å². The highest BCUT2D eigenvalue weighted by atomic mass is 32.1. The summed E-state index contributed by atoms with van der Waals surface area (Å²) in [6, 6.07) is 8.40. The van der Waals surface area contributed by atoms with Crippen LogP contribution in [0, 0.1) is 0 Å². The van der Waals surface area contributed by atoms with Crippen LogP contribution in [-0.2, 0) is 11.2 Å². The summed E-state index contributed by atoms with van der Waals surface area (Å²) in [5, 5.41) is 5.68. The number of benzene rings is 1. The van der Waals surface area contributed by atoms with Gasteiger partial charge in [0.25, 0.3) is 0 Å². The Hall–Kier alpha value is -2.47. The van der Waals surface area contributed by atoms with E-state index in [9.17, 15) is 4.79 Å². The molecule has 0 unspecified atom stereocenters. The fourth-order valence-electron chi connectivity index (χ4n) is 2.85. The molecule has 0 saturated carbocycles. The number of amides is 1. The molecule has 0 spiro atoms. The van der Waals surface area contributed by atoms with Gasteiger partial charge in [0, 0.05) is 37.0 Å². The molecule has 0 aliphatic heterocycles. The lowest BCUT2D eigenvalue weighted by Crippen LogP contribution is -2.16. The van der Waals surface area contributed by atoms with E-state index < -0.39 is 0 Å². The first-order valence-corrected chi connectivity index (χ1v) is 9.89. The SMILES string of the molecule is CNC(=O)CCCCCCc1ncc(-c2ccc(-c3nccs3)cc2)[nH]1. The van der Waals surface area contributed by atoms with E-state index >= 15 is 0 Å². The number of aryl methyl sites for hydroxylation is 1. The van der Waals surface area contributed by atoms with Gasteiger partial charge < -0.3 is 10.3 Å². The van der Waals surface area contributed by atoms with Crippen molar-refractivity contribution in [1.29, 1.82) is 0 Å². The third-order valence-electron chi connectivity index (χ3n) is 4.35. The van der Waals surface area contributed by atoms with Crippen LogP contribution in [0.4, 0.5) is 0 Å². The van der Waals surface area contributed by atoms with Crippen molar-refractivity contribution in [3.63, 3.8) is 0 Å². The number of rotatable bonds is 9. The molecule has 2 heterocycles. The van der Waals surface area contributed by atoms with Gasteiger partial charge >= 0.3 is 0 Å². The number of unbranched alkanes of at least 4 members (excludes halogenated alkanes) is 3. The van der Waals surface area contributed by atoms with Crippen molar-refractivity contribution in [3.05, 3.63) is 47.9 Å². The summed E-state index contributed by atoms with van der Waals surface area (Å²) >= 11 is 1.65. The Kier molecular flexibility index (Phi) is 6.55. The maximum absolute atomic E-state index is 11.2. The summed E-state index contributed by atoms with van der Waals surface area (Å²) in [6.07, 6.45) is 9.54. The fourth-order valence-corrected chi connectivity index (χ4v) is 3.50. The first-order valence-electron chi connectivity index (χ1n) is 9.01. The molecule has 0 radical (unpaired) electrons. The molecule has 2 N–H and O–H groups in total. The molecule has 1 aromatic carbocycles. The highest BCUT2D eigenvalue weighted by molar-refractivity contribution is 7.13. The fraction of sp³-hybridized carbons (Fsp3) is 0.350. The van der Waals surface area contributed by atoms with Crippen molar-refractivity contribution in [2.45, 2.75) is 38.5 Å². The van der Waals surface area contributed by atoms with E-state index in [1.165, 1.54) is 0 Å². The van der Waals surface area contributed by atoms with Crippen LogP contribution in [0.3, 0.4) is 0 Å². The minimum Gasteiger partial charge on any atom is -0.359 e. The van der Waals surface area contributed by atoms with Gasteiger partial charge in [0.1, 0.15) is 10.8 Å². The molecule has 0 bridgehead atoms. The zero-order valence-electron chi connectivity index (χ0n) is 15.0. The molecule has 6 heteroatoms. The van der Waals surface area contributed by atoms with Gasteiger partial charge in [-0.05, 0) is 18.4 Å². The summed E-state index contributed by atoms with van der Waals surface area (Å²) in [5.74, 6) is 1.15. The van der Waals surface area contributed by atoms with Crippen LogP contribution in [0.5, 0.6) is 0 Å². The molecule has 0 atom stereocenters. The number of H-pyrrole nitrogens is 1. The van der Waals surface area contributed by atoms with Gasteiger partial charge in [0.2, 0.25) is 5.91 Å². The van der Waals surface area contributed by atoms with Crippen molar-refractivity contribution in [1.82, 2.24) is 20.3 Å². The molecule has 0 fully saturated rings. The first kappa shape index (κ1) is 18.3. The van der Waals surface area contributed by atoms with E-state index in [2.05, 4.69) is 44.5 Å². The average Bonchev–Trinajstić information content (AvgIpc) is 3.36. The predicted octanol–water partition coefficient (Wildman–Crippen LogP) is 4.44. The zero-order valence-corrected chi connectivity index (χ0v) is 15.8. The third kappa shape index (κ3) is 5.02. The highest BCUT2D eigenvalue weighted by Gasteiger charge is 2.05. The number of carbonyl (C=O) groups excluding carboxylic acids is 1. The summed E-state index contributed by atoms with van der Waals surface area (Å²) in [5.41, 5.74) is 3.32. The molecule has 1 amide bonds. The summed E-state index contributed by atoms with van der Waals surface area (Å²) in [7, 11) is 1.68. The average molecular weight is 369 g/mol. The Balaban J connectivity index is 1.46. The molecule has 136 valence electrons. The van der Waals surface area contributed by atoms with Crippen LogP contribution < -0.4 is 5.32 Å². The largest absolute Gasteiger partial charge is 0.359 e. The van der Waals surface area contributed by atoms with Gasteiger partial charge in [0.15, 0.2) is 0 Å². The van der Waals surface area contributed by atoms with Crippen LogP contribution in [0.2, 0.25) is 0 Å². The zero-order chi connectivity index (χ0) is 18.2. The maximum Gasteiger partial charge on any atom is 0.219 e. The monoisotopic (exact) mass is 368 g/mol. The van der Waals surface area contributed by atoms with Gasteiger partial charge in [-0.1, -0.05) is 37.1 Å². The quantitative estimate of drug-likeness (QED) is 0.549. The van der Waals surface area contributed by atoms with Crippen LogP contribution in [0.25, 0.3) is 21.8 Å². The van der Waals surface area contributed by atoms with E-state index in [1.807, 2.05) is 17.8 Å². The number of hydrogen-bond acceptors (Lipinski definition) is 4. The number of imidazole rings is 1. The molecule has 5 nitrogen and oxygen atoms in total. The van der Waals surface area contributed by atoms with Gasteiger partial charge in [-0.2, -0.15) is 0 Å². The molecule has 0 saturated heterocycles. The van der Waals surface area contributed by atoms with Crippen molar-refractivity contribution >= 4 is 17.2 Å². The highest BCUT2D eigenvalue weighted by Crippen LogP contribution is 2.25. The van der Waals surface area contributed by atoms with Crippen LogP contribution in [-0.4, -0.2) is 27.9 Å². The molecular formula is C20H24N4OS. The molecule has 3 rings (SSSR count). The summed E-state index contributed by atoms with van der Waals surface area (Å²) in [4.78, 5) is 23.4. The molecular weight excluding hydrogens is 344 g/mol. The second kappa shape index (κ2) is 9.29. The van der Waals surface area contributed by atoms with Gasteiger partial charge in [0.05, 0.1) is 11.9 Å². The van der Waals surface area contributed by atoms with Crippen LogP contribution in [0.1, 0.15) is 37.9 Å². The third-order valence-corrected chi connectivity index (χ3v) is 5.17. The van der Waals surface area contributed by atoms with Crippen LogP contribution >= 0.6 is 11.3 Å².